The minimum Gasteiger partial charge on any atom is -0.493 e. The minimum atomic E-state index is -0.415. The van der Waals surface area contributed by atoms with Gasteiger partial charge in [-0.1, -0.05) is 19.9 Å². The molecule has 148 valence electrons. The second kappa shape index (κ2) is 6.99. The summed E-state index contributed by atoms with van der Waals surface area (Å²) in [5.74, 6) is 2.17. The Hall–Kier alpha value is -1.79. The van der Waals surface area contributed by atoms with Crippen molar-refractivity contribution in [2.75, 3.05) is 26.9 Å². The maximum atomic E-state index is 12.8. The van der Waals surface area contributed by atoms with Gasteiger partial charge in [-0.3, -0.25) is 9.69 Å². The Morgan fingerprint density at radius 1 is 1.33 bits per heavy atom. The summed E-state index contributed by atoms with van der Waals surface area (Å²) in [4.78, 5) is 17.2. The largest absolute Gasteiger partial charge is 0.493 e. The third-order valence-electron chi connectivity index (χ3n) is 6.28. The molecule has 1 aromatic rings. The van der Waals surface area contributed by atoms with Crippen molar-refractivity contribution in [2.45, 2.75) is 58.0 Å². The first-order valence-corrected chi connectivity index (χ1v) is 10.00. The van der Waals surface area contributed by atoms with E-state index in [9.17, 15) is 4.79 Å². The van der Waals surface area contributed by atoms with Gasteiger partial charge >= 0.3 is 0 Å². The van der Waals surface area contributed by atoms with Gasteiger partial charge in [-0.2, -0.15) is 0 Å². The van der Waals surface area contributed by atoms with Crippen molar-refractivity contribution in [3.05, 3.63) is 23.8 Å². The zero-order valence-corrected chi connectivity index (χ0v) is 16.7. The van der Waals surface area contributed by atoms with Crippen molar-refractivity contribution in [3.63, 3.8) is 0 Å². The summed E-state index contributed by atoms with van der Waals surface area (Å²) >= 11 is 0. The molecule has 1 amide bonds. The first kappa shape index (κ1) is 18.6. The lowest BCUT2D eigenvalue weighted by atomic mass is 10.0. The van der Waals surface area contributed by atoms with Crippen LogP contribution in [0.5, 0.6) is 11.5 Å². The molecule has 0 saturated carbocycles. The molecule has 6 nitrogen and oxygen atoms in total. The van der Waals surface area contributed by atoms with Crippen LogP contribution >= 0.6 is 0 Å². The van der Waals surface area contributed by atoms with Crippen molar-refractivity contribution in [1.29, 1.82) is 0 Å². The van der Waals surface area contributed by atoms with Gasteiger partial charge in [0.1, 0.15) is 0 Å². The SMILES string of the molecule is CCOc1ccc(CN2CC[C@@]34OC[C@@H](C(C)C)N3C(=O)C[C@@H]24)cc1OC. The molecule has 6 heteroatoms. The van der Waals surface area contributed by atoms with Crippen LogP contribution in [0.15, 0.2) is 18.2 Å². The second-order valence-electron chi connectivity index (χ2n) is 8.09. The van der Waals surface area contributed by atoms with Crippen LogP contribution in [0.4, 0.5) is 0 Å². The topological polar surface area (TPSA) is 51.2 Å². The van der Waals surface area contributed by atoms with E-state index in [0.717, 1.165) is 36.6 Å². The van der Waals surface area contributed by atoms with E-state index in [4.69, 9.17) is 14.2 Å². The fourth-order valence-electron chi connectivity index (χ4n) is 4.96. The van der Waals surface area contributed by atoms with Gasteiger partial charge in [-0.05, 0) is 30.5 Å². The first-order valence-electron chi connectivity index (χ1n) is 10.00. The summed E-state index contributed by atoms with van der Waals surface area (Å²) in [5.41, 5.74) is 0.748. The molecule has 0 N–H and O–H groups in total. The highest BCUT2D eigenvalue weighted by molar-refractivity contribution is 5.82. The lowest BCUT2D eigenvalue weighted by Gasteiger charge is -2.34. The number of likely N-dealkylation sites (tertiary alicyclic amines) is 1. The summed E-state index contributed by atoms with van der Waals surface area (Å²) in [6, 6.07) is 6.42. The number of hydrogen-bond acceptors (Lipinski definition) is 5. The third-order valence-corrected chi connectivity index (χ3v) is 6.28. The van der Waals surface area contributed by atoms with Crippen LogP contribution < -0.4 is 9.47 Å². The van der Waals surface area contributed by atoms with Crippen LogP contribution in [0.1, 0.15) is 39.2 Å². The van der Waals surface area contributed by atoms with Crippen molar-refractivity contribution >= 4 is 5.91 Å². The molecule has 3 heterocycles. The molecule has 4 rings (SSSR count). The van der Waals surface area contributed by atoms with Gasteiger partial charge in [0, 0.05) is 25.9 Å². The Balaban J connectivity index is 1.54. The van der Waals surface area contributed by atoms with Crippen molar-refractivity contribution < 1.29 is 19.0 Å². The molecule has 3 fully saturated rings. The van der Waals surface area contributed by atoms with Crippen LogP contribution in [0.25, 0.3) is 0 Å². The molecule has 3 saturated heterocycles. The maximum absolute atomic E-state index is 12.8. The highest BCUT2D eigenvalue weighted by Crippen LogP contribution is 2.49. The molecule has 0 aliphatic carbocycles. The third kappa shape index (κ3) is 2.90. The first-order chi connectivity index (χ1) is 13.0. The number of hydrogen-bond donors (Lipinski definition) is 0. The van der Waals surface area contributed by atoms with E-state index in [1.54, 1.807) is 7.11 Å². The predicted molar refractivity (Wildman–Crippen MR) is 102 cm³/mol. The number of amides is 1. The van der Waals surface area contributed by atoms with E-state index in [1.807, 2.05) is 19.1 Å². The van der Waals surface area contributed by atoms with Gasteiger partial charge in [0.2, 0.25) is 5.91 Å². The minimum absolute atomic E-state index is 0.131. The fraction of sp³-hybridized carbons (Fsp3) is 0.667. The second-order valence-corrected chi connectivity index (χ2v) is 8.09. The number of ether oxygens (including phenoxy) is 3. The Kier molecular flexibility index (Phi) is 4.80. The van der Waals surface area contributed by atoms with Crippen molar-refractivity contribution in [1.82, 2.24) is 9.80 Å². The lowest BCUT2D eigenvalue weighted by Crippen LogP contribution is -2.50. The Morgan fingerprint density at radius 2 is 2.15 bits per heavy atom. The van der Waals surface area contributed by atoms with Gasteiger partial charge < -0.3 is 19.1 Å². The fourth-order valence-corrected chi connectivity index (χ4v) is 4.96. The number of carbonyl (C=O) groups excluding carboxylic acids is 1. The number of methoxy groups -OCH3 is 1. The average molecular weight is 374 g/mol. The Morgan fingerprint density at radius 3 is 2.85 bits per heavy atom. The summed E-state index contributed by atoms with van der Waals surface area (Å²) < 4.78 is 17.4. The lowest BCUT2D eigenvalue weighted by molar-refractivity contribution is -0.139. The monoisotopic (exact) mass is 374 g/mol. The smallest absolute Gasteiger partial charge is 0.226 e. The number of rotatable bonds is 6. The molecule has 27 heavy (non-hydrogen) atoms. The zero-order valence-electron chi connectivity index (χ0n) is 16.7. The highest BCUT2D eigenvalue weighted by atomic mass is 16.5. The summed E-state index contributed by atoms with van der Waals surface area (Å²) in [5, 5.41) is 0. The van der Waals surface area contributed by atoms with Gasteiger partial charge in [0.25, 0.3) is 0 Å². The number of benzene rings is 1. The van der Waals surface area contributed by atoms with E-state index in [-0.39, 0.29) is 18.0 Å². The normalized spacial score (nSPS) is 30.1. The van der Waals surface area contributed by atoms with Crippen LogP contribution in [-0.4, -0.2) is 60.4 Å². The number of nitrogens with zero attached hydrogens (tertiary/aromatic N) is 2. The molecule has 3 aliphatic heterocycles. The van der Waals surface area contributed by atoms with Gasteiger partial charge in [-0.15, -0.1) is 0 Å². The Bertz CT molecular complexity index is 722. The van der Waals surface area contributed by atoms with Crippen LogP contribution in [0.3, 0.4) is 0 Å². The van der Waals surface area contributed by atoms with Gasteiger partial charge in [0.15, 0.2) is 17.2 Å². The van der Waals surface area contributed by atoms with E-state index >= 15 is 0 Å². The molecule has 3 atom stereocenters. The highest BCUT2D eigenvalue weighted by Gasteiger charge is 2.64. The number of carbonyl (C=O) groups is 1. The maximum Gasteiger partial charge on any atom is 0.226 e. The van der Waals surface area contributed by atoms with Crippen LogP contribution in [-0.2, 0) is 16.1 Å². The van der Waals surface area contributed by atoms with Crippen molar-refractivity contribution in [2.24, 2.45) is 5.92 Å². The molecule has 0 aromatic heterocycles. The molecule has 0 radical (unpaired) electrons. The predicted octanol–water partition coefficient (Wildman–Crippen LogP) is 2.65. The van der Waals surface area contributed by atoms with Gasteiger partial charge in [-0.25, -0.2) is 0 Å². The van der Waals surface area contributed by atoms with Crippen LogP contribution in [0.2, 0.25) is 0 Å². The van der Waals surface area contributed by atoms with E-state index < -0.39 is 5.72 Å². The summed E-state index contributed by atoms with van der Waals surface area (Å²) in [6.07, 6.45) is 1.44. The summed E-state index contributed by atoms with van der Waals surface area (Å²) in [7, 11) is 1.67. The standard InChI is InChI=1S/C21H30N2O4/c1-5-26-17-7-6-15(10-18(17)25-4)12-22-9-8-21-19(22)11-20(24)23(21)16(13-27-21)14(2)3/h6-7,10,14,16,19H,5,8-9,11-13H2,1-4H3/t16-,19+,21-/m0/s1. The van der Waals surface area contributed by atoms with E-state index in [1.165, 1.54) is 0 Å². The average Bonchev–Trinajstić information content (AvgIpc) is 3.27. The van der Waals surface area contributed by atoms with Crippen LogP contribution in [0, 0.1) is 5.92 Å². The van der Waals surface area contributed by atoms with E-state index in [2.05, 4.69) is 29.7 Å². The molecular formula is C21H30N2O4. The Labute approximate surface area is 161 Å². The molecule has 3 aliphatic rings. The quantitative estimate of drug-likeness (QED) is 0.766. The molecular weight excluding hydrogens is 344 g/mol. The molecule has 0 unspecified atom stereocenters. The molecule has 1 spiro atoms. The van der Waals surface area contributed by atoms with Crippen molar-refractivity contribution in [3.8, 4) is 11.5 Å². The van der Waals surface area contributed by atoms with Gasteiger partial charge in [0.05, 0.1) is 32.4 Å². The van der Waals surface area contributed by atoms with E-state index in [0.29, 0.717) is 25.6 Å². The molecule has 0 bridgehead atoms. The summed E-state index contributed by atoms with van der Waals surface area (Å²) in [6.45, 7) is 9.30. The molecule has 1 aromatic carbocycles. The zero-order chi connectivity index (χ0) is 19.2.